The van der Waals surface area contributed by atoms with Gasteiger partial charge in [-0.15, -0.1) is 0 Å². The number of nitrogens with zero attached hydrogens (tertiary/aromatic N) is 4. The number of piperazine rings is 1. The maximum atomic E-state index is 13.8. The monoisotopic (exact) mass is 419 g/mol. The van der Waals surface area contributed by atoms with Crippen LogP contribution in [-0.4, -0.2) is 53.6 Å². The molecule has 2 amide bonds. The SMILES string of the molecule is COc1ccc(NC(=O)N2CCN(c3nc4cc(F)ccc4n4cccc34)CC2)cc1. The molecule has 0 unspecified atom stereocenters. The van der Waals surface area contributed by atoms with Crippen LogP contribution in [0.3, 0.4) is 0 Å². The molecule has 2 aromatic heterocycles. The summed E-state index contributed by atoms with van der Waals surface area (Å²) < 4.78 is 20.9. The van der Waals surface area contributed by atoms with Crippen molar-refractivity contribution < 1.29 is 13.9 Å². The van der Waals surface area contributed by atoms with E-state index in [4.69, 9.17) is 9.72 Å². The predicted molar refractivity (Wildman–Crippen MR) is 118 cm³/mol. The van der Waals surface area contributed by atoms with Gasteiger partial charge in [-0.3, -0.25) is 0 Å². The zero-order valence-corrected chi connectivity index (χ0v) is 17.1. The molecular formula is C23H22FN5O2. The lowest BCUT2D eigenvalue weighted by molar-refractivity contribution is 0.208. The first-order valence-electron chi connectivity index (χ1n) is 10.1. The average Bonchev–Trinajstić information content (AvgIpc) is 3.29. The number of rotatable bonds is 3. The molecule has 31 heavy (non-hydrogen) atoms. The van der Waals surface area contributed by atoms with Crippen LogP contribution < -0.4 is 15.0 Å². The molecule has 1 N–H and O–H groups in total. The van der Waals surface area contributed by atoms with Crippen molar-refractivity contribution in [3.05, 3.63) is 66.6 Å². The molecule has 158 valence electrons. The number of ether oxygens (including phenoxy) is 1. The standard InChI is InChI=1S/C23H22FN5O2/c1-31-18-7-5-17(6-8-18)25-23(30)28-13-11-27(12-14-28)22-21-3-2-10-29(21)20-9-4-16(24)15-19(20)26-22/h2-10,15H,11-14H2,1H3,(H,25,30). The third-order valence-electron chi connectivity index (χ3n) is 5.61. The molecular weight excluding hydrogens is 397 g/mol. The van der Waals surface area contributed by atoms with Crippen LogP contribution in [-0.2, 0) is 0 Å². The van der Waals surface area contributed by atoms with Crippen molar-refractivity contribution in [3.63, 3.8) is 0 Å². The summed E-state index contributed by atoms with van der Waals surface area (Å²) in [4.78, 5) is 21.3. The highest BCUT2D eigenvalue weighted by atomic mass is 19.1. The van der Waals surface area contributed by atoms with Crippen molar-refractivity contribution in [1.29, 1.82) is 0 Å². The highest BCUT2D eigenvalue weighted by Crippen LogP contribution is 2.27. The van der Waals surface area contributed by atoms with E-state index in [2.05, 4.69) is 10.2 Å². The molecule has 1 fully saturated rings. The topological polar surface area (TPSA) is 62.1 Å². The zero-order valence-electron chi connectivity index (χ0n) is 17.1. The number of carbonyl (C=O) groups excluding carboxylic acids is 1. The van der Waals surface area contributed by atoms with Gasteiger partial charge in [0.1, 0.15) is 11.6 Å². The zero-order chi connectivity index (χ0) is 21.4. The maximum Gasteiger partial charge on any atom is 0.321 e. The van der Waals surface area contributed by atoms with Crippen molar-refractivity contribution in [2.24, 2.45) is 0 Å². The summed E-state index contributed by atoms with van der Waals surface area (Å²) in [5.74, 6) is 1.24. The second-order valence-corrected chi connectivity index (χ2v) is 7.46. The second kappa shape index (κ2) is 7.79. The Balaban J connectivity index is 1.32. The normalized spacial score (nSPS) is 14.3. The van der Waals surface area contributed by atoms with Crippen molar-refractivity contribution >= 4 is 34.1 Å². The molecule has 0 aliphatic carbocycles. The number of benzene rings is 2. The first kappa shape index (κ1) is 19.2. The van der Waals surface area contributed by atoms with Gasteiger partial charge in [-0.1, -0.05) is 0 Å². The van der Waals surface area contributed by atoms with Crippen LogP contribution >= 0.6 is 0 Å². The minimum atomic E-state index is -0.308. The van der Waals surface area contributed by atoms with E-state index >= 15 is 0 Å². The molecule has 1 saturated heterocycles. The quantitative estimate of drug-likeness (QED) is 0.546. The Morgan fingerprint density at radius 2 is 1.81 bits per heavy atom. The van der Waals surface area contributed by atoms with Crippen molar-refractivity contribution in [2.45, 2.75) is 0 Å². The van der Waals surface area contributed by atoms with E-state index in [9.17, 15) is 9.18 Å². The third kappa shape index (κ3) is 3.61. The minimum absolute atomic E-state index is 0.133. The fraction of sp³-hybridized carbons (Fsp3) is 0.217. The van der Waals surface area contributed by atoms with Crippen LogP contribution in [0.25, 0.3) is 16.6 Å². The molecule has 0 radical (unpaired) electrons. The summed E-state index contributed by atoms with van der Waals surface area (Å²) in [6, 6.07) is 15.7. The number of hydrogen-bond acceptors (Lipinski definition) is 4. The summed E-state index contributed by atoms with van der Waals surface area (Å²) in [6.45, 7) is 2.42. The van der Waals surface area contributed by atoms with E-state index in [1.807, 2.05) is 47.0 Å². The van der Waals surface area contributed by atoms with E-state index in [0.29, 0.717) is 31.7 Å². The molecule has 0 atom stereocenters. The molecule has 0 saturated carbocycles. The number of urea groups is 1. The third-order valence-corrected chi connectivity index (χ3v) is 5.61. The second-order valence-electron chi connectivity index (χ2n) is 7.46. The van der Waals surface area contributed by atoms with E-state index in [1.54, 1.807) is 18.1 Å². The van der Waals surface area contributed by atoms with Crippen molar-refractivity contribution in [1.82, 2.24) is 14.3 Å². The van der Waals surface area contributed by atoms with Crippen LogP contribution in [0.4, 0.5) is 20.7 Å². The van der Waals surface area contributed by atoms with Gasteiger partial charge in [0.15, 0.2) is 5.82 Å². The highest BCUT2D eigenvalue weighted by molar-refractivity contribution is 5.90. The molecule has 0 bridgehead atoms. The number of halogens is 1. The molecule has 1 aliphatic rings. The Kier molecular flexibility index (Phi) is 4.82. The largest absolute Gasteiger partial charge is 0.497 e. The van der Waals surface area contributed by atoms with Gasteiger partial charge in [-0.05, 0) is 48.5 Å². The number of carbonyl (C=O) groups is 1. The molecule has 4 aromatic rings. The number of nitrogens with one attached hydrogen (secondary N) is 1. The Hall–Kier alpha value is -3.81. The van der Waals surface area contributed by atoms with E-state index < -0.39 is 0 Å². The van der Waals surface area contributed by atoms with Gasteiger partial charge in [-0.25, -0.2) is 14.2 Å². The minimum Gasteiger partial charge on any atom is -0.497 e. The number of anilines is 2. The first-order valence-corrected chi connectivity index (χ1v) is 10.1. The van der Waals surface area contributed by atoms with Crippen molar-refractivity contribution in [2.75, 3.05) is 43.5 Å². The Labute approximate surface area is 178 Å². The number of fused-ring (bicyclic) bond motifs is 3. The lowest BCUT2D eigenvalue weighted by Crippen LogP contribution is -2.50. The van der Waals surface area contributed by atoms with Gasteiger partial charge < -0.3 is 24.3 Å². The van der Waals surface area contributed by atoms with Crippen LogP contribution in [0.1, 0.15) is 0 Å². The summed E-state index contributed by atoms with van der Waals surface area (Å²) >= 11 is 0. The summed E-state index contributed by atoms with van der Waals surface area (Å²) in [7, 11) is 1.61. The van der Waals surface area contributed by atoms with Gasteiger partial charge in [0.25, 0.3) is 0 Å². The average molecular weight is 419 g/mol. The smallest absolute Gasteiger partial charge is 0.321 e. The van der Waals surface area contributed by atoms with Crippen LogP contribution in [0.15, 0.2) is 60.8 Å². The lowest BCUT2D eigenvalue weighted by atomic mass is 10.2. The molecule has 1 aliphatic heterocycles. The van der Waals surface area contributed by atoms with E-state index in [-0.39, 0.29) is 11.8 Å². The number of hydrogen-bond donors (Lipinski definition) is 1. The summed E-state index contributed by atoms with van der Waals surface area (Å²) in [6.07, 6.45) is 1.96. The molecule has 5 rings (SSSR count). The molecule has 7 nitrogen and oxygen atoms in total. The van der Waals surface area contributed by atoms with Gasteiger partial charge >= 0.3 is 6.03 Å². The number of aromatic nitrogens is 2. The predicted octanol–water partition coefficient (Wildman–Crippen LogP) is 3.99. The number of methoxy groups -OCH3 is 1. The Bertz CT molecular complexity index is 1250. The van der Waals surface area contributed by atoms with Crippen LogP contribution in [0, 0.1) is 5.82 Å². The first-order chi connectivity index (χ1) is 15.1. The molecule has 0 spiro atoms. The lowest BCUT2D eigenvalue weighted by Gasteiger charge is -2.35. The van der Waals surface area contributed by atoms with Crippen LogP contribution in [0.5, 0.6) is 5.75 Å². The van der Waals surface area contributed by atoms with Gasteiger partial charge in [-0.2, -0.15) is 0 Å². The van der Waals surface area contributed by atoms with Gasteiger partial charge in [0.05, 0.1) is 23.7 Å². The van der Waals surface area contributed by atoms with Gasteiger partial charge in [0.2, 0.25) is 0 Å². The molecule has 2 aromatic carbocycles. The van der Waals surface area contributed by atoms with Crippen LogP contribution in [0.2, 0.25) is 0 Å². The highest BCUT2D eigenvalue weighted by Gasteiger charge is 2.24. The van der Waals surface area contributed by atoms with E-state index in [0.717, 1.165) is 28.3 Å². The Morgan fingerprint density at radius 3 is 2.55 bits per heavy atom. The summed E-state index contributed by atoms with van der Waals surface area (Å²) in [5, 5.41) is 2.92. The van der Waals surface area contributed by atoms with E-state index in [1.165, 1.54) is 12.1 Å². The summed E-state index contributed by atoms with van der Waals surface area (Å²) in [5.41, 5.74) is 3.16. The fourth-order valence-corrected chi connectivity index (χ4v) is 3.97. The molecule has 3 heterocycles. The Morgan fingerprint density at radius 1 is 1.03 bits per heavy atom. The maximum absolute atomic E-state index is 13.8. The van der Waals surface area contributed by atoms with Gasteiger partial charge in [0, 0.05) is 44.1 Å². The fourth-order valence-electron chi connectivity index (χ4n) is 3.97. The molecule has 8 heteroatoms. The number of amides is 2. The van der Waals surface area contributed by atoms with Crippen molar-refractivity contribution in [3.8, 4) is 5.75 Å².